The van der Waals surface area contributed by atoms with E-state index in [4.69, 9.17) is 4.74 Å². The summed E-state index contributed by atoms with van der Waals surface area (Å²) in [6, 6.07) is 20.6. The molecule has 1 amide bonds. The third-order valence-corrected chi connectivity index (χ3v) is 6.68. The Balaban J connectivity index is 1.95. The highest BCUT2D eigenvalue weighted by Crippen LogP contribution is 2.29. The van der Waals surface area contributed by atoms with Crippen LogP contribution >= 0.6 is 0 Å². The van der Waals surface area contributed by atoms with Crippen LogP contribution in [0.4, 0.5) is 5.69 Å². The summed E-state index contributed by atoms with van der Waals surface area (Å²) in [5.41, 5.74) is 3.16. The van der Waals surface area contributed by atoms with Gasteiger partial charge in [0.15, 0.2) is 6.61 Å². The van der Waals surface area contributed by atoms with Crippen LogP contribution in [-0.4, -0.2) is 20.9 Å². The van der Waals surface area contributed by atoms with Gasteiger partial charge in [-0.15, -0.1) is 0 Å². The quantitative estimate of drug-likeness (QED) is 0.508. The van der Waals surface area contributed by atoms with E-state index in [0.29, 0.717) is 5.75 Å². The van der Waals surface area contributed by atoms with Crippen molar-refractivity contribution in [1.29, 1.82) is 0 Å². The Bertz CT molecular complexity index is 1150. The number of amides is 1. The fourth-order valence-electron chi connectivity index (χ4n) is 3.24. The molecule has 6 heteroatoms. The molecular formula is C25H27NO4S. The van der Waals surface area contributed by atoms with Crippen molar-refractivity contribution in [3.63, 3.8) is 0 Å². The zero-order chi connectivity index (χ0) is 22.6. The molecule has 0 radical (unpaired) electrons. The predicted octanol–water partition coefficient (Wildman–Crippen LogP) is 5.23. The molecule has 3 rings (SSSR count). The number of carbonyl (C=O) groups excluding carboxylic acids is 1. The second-order valence-electron chi connectivity index (χ2n) is 7.80. The summed E-state index contributed by atoms with van der Waals surface area (Å²) in [6.45, 7) is 7.49. The lowest BCUT2D eigenvalue weighted by Gasteiger charge is -2.23. The molecule has 0 saturated heterocycles. The topological polar surface area (TPSA) is 63.7 Å². The number of benzene rings is 3. The summed E-state index contributed by atoms with van der Waals surface area (Å²) in [4.78, 5) is 13.2. The molecule has 0 atom stereocenters. The summed E-state index contributed by atoms with van der Waals surface area (Å²) >= 11 is 0. The Labute approximate surface area is 184 Å². The molecule has 0 heterocycles. The van der Waals surface area contributed by atoms with E-state index in [2.05, 4.69) is 0 Å². The van der Waals surface area contributed by atoms with Crippen LogP contribution < -0.4 is 9.04 Å². The highest BCUT2D eigenvalue weighted by molar-refractivity contribution is 7.93. The number of carbonyl (C=O) groups is 1. The maximum atomic E-state index is 13.4. The van der Waals surface area contributed by atoms with Crippen LogP contribution in [-0.2, 0) is 14.8 Å². The third kappa shape index (κ3) is 5.14. The number of hydrogen-bond acceptors (Lipinski definition) is 4. The van der Waals surface area contributed by atoms with E-state index in [9.17, 15) is 13.2 Å². The molecule has 0 saturated carbocycles. The lowest BCUT2D eigenvalue weighted by molar-refractivity contribution is -0.119. The minimum atomic E-state index is -4.11. The van der Waals surface area contributed by atoms with Gasteiger partial charge in [0.1, 0.15) is 5.75 Å². The van der Waals surface area contributed by atoms with Gasteiger partial charge in [-0.25, -0.2) is 8.42 Å². The first kappa shape index (κ1) is 22.6. The molecule has 0 unspecified atom stereocenters. The van der Waals surface area contributed by atoms with Crippen LogP contribution in [0, 0.1) is 13.8 Å². The van der Waals surface area contributed by atoms with Crippen LogP contribution in [0.3, 0.4) is 0 Å². The van der Waals surface area contributed by atoms with Crippen molar-refractivity contribution in [2.24, 2.45) is 0 Å². The highest BCUT2D eigenvalue weighted by Gasteiger charge is 2.31. The molecule has 0 N–H and O–H groups in total. The first-order valence-electron chi connectivity index (χ1n) is 10.1. The SMILES string of the molecule is Cc1ccc(S(=O)(=O)N(C(=O)COc2cc(C)ccc2C(C)C)c2ccccc2)cc1. The molecule has 0 aromatic heterocycles. The monoisotopic (exact) mass is 437 g/mol. The first-order valence-corrected chi connectivity index (χ1v) is 11.6. The summed E-state index contributed by atoms with van der Waals surface area (Å²) in [5, 5.41) is 0. The summed E-state index contributed by atoms with van der Waals surface area (Å²) in [5.74, 6) is 0.124. The average Bonchev–Trinajstić information content (AvgIpc) is 2.73. The van der Waals surface area contributed by atoms with E-state index >= 15 is 0 Å². The molecule has 0 spiro atoms. The molecule has 3 aromatic carbocycles. The van der Waals surface area contributed by atoms with Crippen LogP contribution in [0.2, 0.25) is 0 Å². The summed E-state index contributed by atoms with van der Waals surface area (Å²) in [6.07, 6.45) is 0. The molecule has 5 nitrogen and oxygen atoms in total. The van der Waals surface area contributed by atoms with Crippen molar-refractivity contribution in [2.45, 2.75) is 38.5 Å². The predicted molar refractivity (Wildman–Crippen MR) is 123 cm³/mol. The van der Waals surface area contributed by atoms with Crippen molar-refractivity contribution in [2.75, 3.05) is 10.9 Å². The van der Waals surface area contributed by atoms with Gasteiger partial charge in [-0.3, -0.25) is 4.79 Å². The molecule has 0 bridgehead atoms. The van der Waals surface area contributed by atoms with Crippen LogP contribution in [0.5, 0.6) is 5.75 Å². The lowest BCUT2D eigenvalue weighted by atomic mass is 10.0. The highest BCUT2D eigenvalue weighted by atomic mass is 32.2. The Morgan fingerprint density at radius 3 is 2.13 bits per heavy atom. The minimum Gasteiger partial charge on any atom is -0.483 e. The van der Waals surface area contributed by atoms with Gasteiger partial charge in [0.05, 0.1) is 10.6 Å². The van der Waals surface area contributed by atoms with E-state index in [1.807, 2.05) is 45.9 Å². The second-order valence-corrected chi connectivity index (χ2v) is 9.58. The number of hydrogen-bond donors (Lipinski definition) is 0. The van der Waals surface area contributed by atoms with Crippen molar-refractivity contribution < 1.29 is 17.9 Å². The number of anilines is 1. The molecular weight excluding hydrogens is 410 g/mol. The fourth-order valence-corrected chi connectivity index (χ4v) is 4.65. The average molecular weight is 438 g/mol. The molecule has 0 aliphatic heterocycles. The maximum absolute atomic E-state index is 13.4. The van der Waals surface area contributed by atoms with E-state index in [0.717, 1.165) is 21.0 Å². The van der Waals surface area contributed by atoms with Crippen molar-refractivity contribution in [1.82, 2.24) is 0 Å². The van der Waals surface area contributed by atoms with Gasteiger partial charge in [0.2, 0.25) is 0 Å². The van der Waals surface area contributed by atoms with Crippen LogP contribution in [0.1, 0.15) is 36.5 Å². The van der Waals surface area contributed by atoms with Gasteiger partial charge in [0.25, 0.3) is 15.9 Å². The van der Waals surface area contributed by atoms with Gasteiger partial charge < -0.3 is 4.74 Å². The van der Waals surface area contributed by atoms with Gasteiger partial charge in [-0.2, -0.15) is 4.31 Å². The van der Waals surface area contributed by atoms with Crippen LogP contribution in [0.25, 0.3) is 0 Å². The molecule has 3 aromatic rings. The Morgan fingerprint density at radius 1 is 0.903 bits per heavy atom. The van der Waals surface area contributed by atoms with E-state index in [1.165, 1.54) is 12.1 Å². The summed E-state index contributed by atoms with van der Waals surface area (Å²) in [7, 11) is -4.11. The second kappa shape index (κ2) is 9.35. The summed E-state index contributed by atoms with van der Waals surface area (Å²) < 4.78 is 33.4. The zero-order valence-corrected chi connectivity index (χ0v) is 19.0. The maximum Gasteiger partial charge on any atom is 0.278 e. The van der Waals surface area contributed by atoms with Crippen molar-refractivity contribution in [3.8, 4) is 5.75 Å². The Morgan fingerprint density at radius 2 is 1.52 bits per heavy atom. The van der Waals surface area contributed by atoms with Crippen LogP contribution in [0.15, 0.2) is 77.7 Å². The van der Waals surface area contributed by atoms with Gasteiger partial charge in [-0.05, 0) is 61.2 Å². The molecule has 0 aliphatic rings. The number of aryl methyl sites for hydroxylation is 2. The standard InChI is InChI=1S/C25H27NO4S/c1-18(2)23-15-12-20(4)16-24(23)30-17-25(27)26(21-8-6-5-7-9-21)31(28,29)22-13-10-19(3)11-14-22/h5-16,18H,17H2,1-4H3. The fraction of sp³-hybridized carbons (Fsp3) is 0.240. The number of nitrogens with zero attached hydrogens (tertiary/aromatic N) is 1. The van der Waals surface area contributed by atoms with Crippen molar-refractivity contribution >= 4 is 21.6 Å². The lowest BCUT2D eigenvalue weighted by Crippen LogP contribution is -2.40. The molecule has 31 heavy (non-hydrogen) atoms. The van der Waals surface area contributed by atoms with E-state index < -0.39 is 22.5 Å². The smallest absolute Gasteiger partial charge is 0.278 e. The zero-order valence-electron chi connectivity index (χ0n) is 18.2. The number of ether oxygens (including phenoxy) is 1. The van der Waals surface area contributed by atoms with E-state index in [1.54, 1.807) is 42.5 Å². The Kier molecular flexibility index (Phi) is 6.81. The van der Waals surface area contributed by atoms with Gasteiger partial charge in [-0.1, -0.05) is 61.9 Å². The number of sulfonamides is 1. The van der Waals surface area contributed by atoms with Crippen molar-refractivity contribution in [3.05, 3.63) is 89.5 Å². The first-order chi connectivity index (χ1) is 14.7. The molecule has 0 fully saturated rings. The largest absolute Gasteiger partial charge is 0.483 e. The van der Waals surface area contributed by atoms with E-state index in [-0.39, 0.29) is 16.5 Å². The Hall–Kier alpha value is -3.12. The minimum absolute atomic E-state index is 0.0497. The number of rotatable bonds is 7. The van der Waals surface area contributed by atoms with Gasteiger partial charge >= 0.3 is 0 Å². The molecule has 162 valence electrons. The third-order valence-electron chi connectivity index (χ3n) is 4.92. The molecule has 0 aliphatic carbocycles. The normalized spacial score (nSPS) is 11.4. The van der Waals surface area contributed by atoms with Gasteiger partial charge in [0, 0.05) is 0 Å². The number of para-hydroxylation sites is 1.